The first-order valence-corrected chi connectivity index (χ1v) is 14.6. The summed E-state index contributed by atoms with van der Waals surface area (Å²) in [5, 5.41) is 0. The van der Waals surface area contributed by atoms with Crippen LogP contribution in [0, 0.1) is 12.7 Å². The Bertz CT molecular complexity index is 1370. The molecule has 40 heavy (non-hydrogen) atoms. The number of aromatic nitrogens is 3. The Balaban J connectivity index is 1.20. The van der Waals surface area contributed by atoms with Crippen molar-refractivity contribution in [2.75, 3.05) is 54.0 Å². The third-order valence-electron chi connectivity index (χ3n) is 8.67. The van der Waals surface area contributed by atoms with Crippen molar-refractivity contribution < 1.29 is 9.18 Å². The maximum Gasteiger partial charge on any atom is 0.255 e. The minimum atomic E-state index is -0.255. The molecule has 3 aliphatic rings. The van der Waals surface area contributed by atoms with E-state index in [9.17, 15) is 9.18 Å². The van der Waals surface area contributed by atoms with Crippen LogP contribution in [-0.4, -0.2) is 77.1 Å². The van der Waals surface area contributed by atoms with Crippen LogP contribution in [0.3, 0.4) is 0 Å². The molecule has 0 N–H and O–H groups in total. The highest BCUT2D eigenvalue weighted by Crippen LogP contribution is 2.30. The van der Waals surface area contributed by atoms with E-state index in [4.69, 9.17) is 15.0 Å². The lowest BCUT2D eigenvalue weighted by molar-refractivity contribution is 0.0747. The van der Waals surface area contributed by atoms with E-state index in [-0.39, 0.29) is 11.7 Å². The van der Waals surface area contributed by atoms with Crippen LogP contribution >= 0.6 is 0 Å². The number of halogens is 1. The number of carbonyl (C=O) groups excluding carboxylic acids is 1. The number of nitrogens with zero attached hydrogens (tertiary/aromatic N) is 7. The zero-order valence-corrected chi connectivity index (χ0v) is 23.7. The number of piperazine rings is 1. The van der Waals surface area contributed by atoms with E-state index in [2.05, 4.69) is 28.5 Å². The summed E-state index contributed by atoms with van der Waals surface area (Å²) < 4.78 is 13.6. The fraction of sp³-hybridized carbons (Fsp3) is 0.484. The highest BCUT2D eigenvalue weighted by molar-refractivity contribution is 5.94. The predicted octanol–water partition coefficient (Wildman–Crippen LogP) is 4.93. The highest BCUT2D eigenvalue weighted by atomic mass is 19.1. The van der Waals surface area contributed by atoms with E-state index < -0.39 is 0 Å². The van der Waals surface area contributed by atoms with Crippen LogP contribution in [0.25, 0.3) is 11.3 Å². The van der Waals surface area contributed by atoms with Crippen LogP contribution < -0.4 is 14.7 Å². The summed E-state index contributed by atoms with van der Waals surface area (Å²) >= 11 is 0. The van der Waals surface area contributed by atoms with Gasteiger partial charge in [0.1, 0.15) is 17.5 Å². The van der Waals surface area contributed by atoms with Crippen molar-refractivity contribution in [1.29, 1.82) is 0 Å². The van der Waals surface area contributed by atoms with Crippen molar-refractivity contribution in [2.24, 2.45) is 0 Å². The van der Waals surface area contributed by atoms with Gasteiger partial charge in [-0.2, -0.15) is 4.98 Å². The number of carbonyl (C=O) groups is 1. The van der Waals surface area contributed by atoms with E-state index in [1.165, 1.54) is 12.1 Å². The molecule has 0 bridgehead atoms. The first-order chi connectivity index (χ1) is 19.4. The lowest BCUT2D eigenvalue weighted by atomic mass is 10.1. The molecule has 5 heterocycles. The van der Waals surface area contributed by atoms with E-state index in [1.807, 2.05) is 24.0 Å². The fourth-order valence-electron chi connectivity index (χ4n) is 6.28. The second-order valence-corrected chi connectivity index (χ2v) is 11.4. The third kappa shape index (κ3) is 5.21. The number of hydrogen-bond acceptors (Lipinski definition) is 7. The molecule has 3 saturated heterocycles. The predicted molar refractivity (Wildman–Crippen MR) is 157 cm³/mol. The van der Waals surface area contributed by atoms with Gasteiger partial charge in [-0.1, -0.05) is 0 Å². The molecule has 9 heteroatoms. The summed E-state index contributed by atoms with van der Waals surface area (Å²) in [6.45, 7) is 11.3. The van der Waals surface area contributed by atoms with Crippen molar-refractivity contribution in [1.82, 2.24) is 19.9 Å². The summed E-state index contributed by atoms with van der Waals surface area (Å²) in [4.78, 5) is 36.5. The molecule has 2 atom stereocenters. The Hall–Kier alpha value is -3.75. The van der Waals surface area contributed by atoms with Gasteiger partial charge in [0, 0.05) is 69.2 Å². The Morgan fingerprint density at radius 2 is 1.57 bits per heavy atom. The van der Waals surface area contributed by atoms with Gasteiger partial charge in [-0.25, -0.2) is 14.4 Å². The van der Waals surface area contributed by atoms with Crippen LogP contribution in [0.2, 0.25) is 0 Å². The molecular weight excluding hydrogens is 505 g/mol. The smallest absolute Gasteiger partial charge is 0.255 e. The SMILES string of the molecule is Cc1cc(C(=O)N2CCCC2C)cnc1N1CCN(c2cc(-c3ccc(F)cc3)nc(N3CCCC3C)n2)CC1. The average molecular weight is 544 g/mol. The first kappa shape index (κ1) is 26.5. The molecule has 0 radical (unpaired) electrons. The minimum Gasteiger partial charge on any atom is -0.353 e. The molecule has 6 rings (SSSR count). The summed E-state index contributed by atoms with van der Waals surface area (Å²) in [5.74, 6) is 2.41. The molecule has 0 saturated carbocycles. The summed E-state index contributed by atoms with van der Waals surface area (Å²) in [6, 6.07) is 11.2. The Morgan fingerprint density at radius 1 is 0.875 bits per heavy atom. The Kier molecular flexibility index (Phi) is 7.29. The molecule has 210 valence electrons. The van der Waals surface area contributed by atoms with Gasteiger partial charge in [0.05, 0.1) is 11.3 Å². The zero-order valence-electron chi connectivity index (χ0n) is 23.7. The molecule has 3 aliphatic heterocycles. The minimum absolute atomic E-state index is 0.0841. The molecule has 3 fully saturated rings. The molecule has 3 aromatic rings. The van der Waals surface area contributed by atoms with Crippen molar-refractivity contribution in [3.05, 3.63) is 59.5 Å². The van der Waals surface area contributed by atoms with Crippen LogP contribution in [0.5, 0.6) is 0 Å². The van der Waals surface area contributed by atoms with E-state index in [1.54, 1.807) is 18.3 Å². The first-order valence-electron chi connectivity index (χ1n) is 14.6. The summed E-state index contributed by atoms with van der Waals surface area (Å²) in [7, 11) is 0. The second kappa shape index (κ2) is 11.0. The lowest BCUT2D eigenvalue weighted by Gasteiger charge is -2.37. The van der Waals surface area contributed by atoms with Gasteiger partial charge in [-0.3, -0.25) is 4.79 Å². The van der Waals surface area contributed by atoms with Gasteiger partial charge in [0.15, 0.2) is 0 Å². The molecule has 0 aliphatic carbocycles. The van der Waals surface area contributed by atoms with Gasteiger partial charge in [-0.05, 0) is 82.3 Å². The Labute approximate surface area is 235 Å². The lowest BCUT2D eigenvalue weighted by Crippen LogP contribution is -2.47. The second-order valence-electron chi connectivity index (χ2n) is 11.4. The van der Waals surface area contributed by atoms with Gasteiger partial charge in [0.2, 0.25) is 5.95 Å². The molecule has 2 unspecified atom stereocenters. The standard InChI is InChI=1S/C31H38FN7O/c1-21-18-25(30(40)38-12-4-6-22(38)2)20-33-29(21)37-16-14-36(15-17-37)28-19-27(24-8-10-26(32)11-9-24)34-31(35-28)39-13-5-7-23(39)3/h8-11,18-20,22-23H,4-7,12-17H2,1-3H3. The van der Waals surface area contributed by atoms with Crippen molar-refractivity contribution in [2.45, 2.75) is 58.5 Å². The molecule has 0 spiro atoms. The zero-order chi connectivity index (χ0) is 27.8. The van der Waals surface area contributed by atoms with E-state index in [0.717, 1.165) is 99.4 Å². The number of aryl methyl sites for hydroxylation is 1. The fourth-order valence-corrected chi connectivity index (χ4v) is 6.28. The van der Waals surface area contributed by atoms with Crippen LogP contribution in [0.15, 0.2) is 42.6 Å². The van der Waals surface area contributed by atoms with Crippen LogP contribution in [0.1, 0.15) is 55.5 Å². The normalized spacial score (nSPS) is 21.4. The quantitative estimate of drug-likeness (QED) is 0.452. The third-order valence-corrected chi connectivity index (χ3v) is 8.67. The maximum absolute atomic E-state index is 13.6. The largest absolute Gasteiger partial charge is 0.353 e. The maximum atomic E-state index is 13.6. The number of anilines is 3. The number of benzene rings is 1. The molecular formula is C31H38FN7O. The monoisotopic (exact) mass is 543 g/mol. The number of likely N-dealkylation sites (tertiary alicyclic amines) is 1. The van der Waals surface area contributed by atoms with Gasteiger partial charge in [-0.15, -0.1) is 0 Å². The molecule has 1 aromatic carbocycles. The van der Waals surface area contributed by atoms with Crippen LogP contribution in [-0.2, 0) is 0 Å². The molecule has 1 amide bonds. The Morgan fingerprint density at radius 3 is 2.23 bits per heavy atom. The summed E-state index contributed by atoms with van der Waals surface area (Å²) in [6.07, 6.45) is 6.14. The molecule has 8 nitrogen and oxygen atoms in total. The number of rotatable bonds is 5. The molecule has 2 aromatic heterocycles. The topological polar surface area (TPSA) is 68.7 Å². The van der Waals surface area contributed by atoms with Crippen molar-refractivity contribution in [3.63, 3.8) is 0 Å². The summed E-state index contributed by atoms with van der Waals surface area (Å²) in [5.41, 5.74) is 3.39. The number of hydrogen-bond donors (Lipinski definition) is 0. The van der Waals surface area contributed by atoms with Crippen molar-refractivity contribution in [3.8, 4) is 11.3 Å². The van der Waals surface area contributed by atoms with Crippen molar-refractivity contribution >= 4 is 23.5 Å². The van der Waals surface area contributed by atoms with Gasteiger partial charge < -0.3 is 19.6 Å². The van der Waals surface area contributed by atoms with E-state index in [0.29, 0.717) is 17.6 Å². The number of pyridine rings is 1. The van der Waals surface area contributed by atoms with Gasteiger partial charge >= 0.3 is 0 Å². The van der Waals surface area contributed by atoms with E-state index >= 15 is 0 Å². The average Bonchev–Trinajstić information content (AvgIpc) is 3.60. The van der Waals surface area contributed by atoms with Gasteiger partial charge in [0.25, 0.3) is 5.91 Å². The highest BCUT2D eigenvalue weighted by Gasteiger charge is 2.28. The number of amides is 1. The van der Waals surface area contributed by atoms with Crippen LogP contribution in [0.4, 0.5) is 22.0 Å².